The number of nitrogens with zero attached hydrogens (tertiary/aromatic N) is 3. The zero-order valence-corrected chi connectivity index (χ0v) is 16.3. The van der Waals surface area contributed by atoms with E-state index in [2.05, 4.69) is 46.4 Å². The molecule has 0 aliphatic carbocycles. The summed E-state index contributed by atoms with van der Waals surface area (Å²) >= 11 is 0. The molecule has 9 heteroatoms. The maximum Gasteiger partial charge on any atom is 0.323 e. The minimum absolute atomic E-state index is 0.269. The van der Waals surface area contributed by atoms with Gasteiger partial charge in [-0.3, -0.25) is 0 Å². The quantitative estimate of drug-likeness (QED) is 0.373. The molecule has 1 unspecified atom stereocenters. The lowest BCUT2D eigenvalue weighted by atomic mass is 10.3. The van der Waals surface area contributed by atoms with Crippen LogP contribution >= 0.6 is 0 Å². The lowest BCUT2D eigenvalue weighted by Crippen LogP contribution is -2.19. The summed E-state index contributed by atoms with van der Waals surface area (Å²) in [6.07, 6.45) is 2.99. The Morgan fingerprint density at radius 3 is 2.38 bits per heavy atom. The average Bonchev–Trinajstić information content (AvgIpc) is 2.64. The molecule has 9 nitrogen and oxygen atoms in total. The van der Waals surface area contributed by atoms with Gasteiger partial charge < -0.3 is 30.6 Å². The Kier molecular flexibility index (Phi) is 12.4. The molecule has 0 saturated heterocycles. The first-order valence-electron chi connectivity index (χ1n) is 9.44. The first kappa shape index (κ1) is 22.3. The van der Waals surface area contributed by atoms with E-state index in [-0.39, 0.29) is 6.04 Å². The third-order valence-corrected chi connectivity index (χ3v) is 3.50. The van der Waals surface area contributed by atoms with Crippen molar-refractivity contribution in [3.63, 3.8) is 0 Å². The Hall–Kier alpha value is -1.71. The van der Waals surface area contributed by atoms with E-state index < -0.39 is 0 Å². The predicted molar refractivity (Wildman–Crippen MR) is 103 cm³/mol. The molecule has 1 aromatic heterocycles. The van der Waals surface area contributed by atoms with Gasteiger partial charge in [0.1, 0.15) is 0 Å². The number of unbranched alkanes of at least 4 members (excludes halogenated alkanes) is 1. The standard InChI is InChI=1S/C17H34N6O3/c1-4-6-9-26-17-22-15(21-16(23-17)20-14(3)5-2)19-8-11-25-13-12-24-10-7-18/h14H,4-13,18H2,1-3H3,(H2,19,20,21,22,23). The maximum atomic E-state index is 5.63. The van der Waals surface area contributed by atoms with E-state index in [1.807, 2.05) is 0 Å². The number of anilines is 2. The number of nitrogens with two attached hydrogens (primary N) is 1. The van der Waals surface area contributed by atoms with Gasteiger partial charge >= 0.3 is 6.01 Å². The van der Waals surface area contributed by atoms with Gasteiger partial charge in [0.15, 0.2) is 0 Å². The van der Waals surface area contributed by atoms with Crippen molar-refractivity contribution in [1.82, 2.24) is 15.0 Å². The summed E-state index contributed by atoms with van der Waals surface area (Å²) in [6, 6.07) is 0.600. The summed E-state index contributed by atoms with van der Waals surface area (Å²) in [7, 11) is 0. The molecule has 0 radical (unpaired) electrons. The predicted octanol–water partition coefficient (Wildman–Crippen LogP) is 1.66. The summed E-state index contributed by atoms with van der Waals surface area (Å²) in [4.78, 5) is 13.0. The van der Waals surface area contributed by atoms with Crippen LogP contribution in [-0.4, -0.2) is 67.1 Å². The lowest BCUT2D eigenvalue weighted by Gasteiger charge is -2.14. The highest BCUT2D eigenvalue weighted by molar-refractivity contribution is 5.36. The van der Waals surface area contributed by atoms with Crippen LogP contribution in [0.3, 0.4) is 0 Å². The summed E-state index contributed by atoms with van der Waals surface area (Å²) in [6.45, 7) is 10.1. The second-order valence-electron chi connectivity index (χ2n) is 5.86. The molecular formula is C17H34N6O3. The van der Waals surface area contributed by atoms with E-state index in [1.54, 1.807) is 0 Å². The molecular weight excluding hydrogens is 336 g/mol. The zero-order chi connectivity index (χ0) is 19.0. The van der Waals surface area contributed by atoms with E-state index >= 15 is 0 Å². The molecule has 0 aromatic carbocycles. The fraction of sp³-hybridized carbons (Fsp3) is 0.824. The fourth-order valence-electron chi connectivity index (χ4n) is 1.84. The number of rotatable bonds is 16. The van der Waals surface area contributed by atoms with E-state index in [0.717, 1.165) is 19.3 Å². The van der Waals surface area contributed by atoms with Crippen LogP contribution in [0.25, 0.3) is 0 Å². The van der Waals surface area contributed by atoms with Gasteiger partial charge in [-0.1, -0.05) is 20.3 Å². The molecule has 1 atom stereocenters. The Balaban J connectivity index is 2.47. The van der Waals surface area contributed by atoms with Crippen LogP contribution in [0, 0.1) is 0 Å². The molecule has 0 spiro atoms. The average molecular weight is 370 g/mol. The number of hydrogen-bond donors (Lipinski definition) is 3. The zero-order valence-electron chi connectivity index (χ0n) is 16.3. The molecule has 150 valence electrons. The minimum atomic E-state index is 0.269. The van der Waals surface area contributed by atoms with Gasteiger partial charge in [0.2, 0.25) is 11.9 Å². The van der Waals surface area contributed by atoms with Crippen molar-refractivity contribution >= 4 is 11.9 Å². The number of ether oxygens (including phenoxy) is 3. The smallest absolute Gasteiger partial charge is 0.323 e. The highest BCUT2D eigenvalue weighted by atomic mass is 16.5. The molecule has 1 heterocycles. The van der Waals surface area contributed by atoms with Crippen LogP contribution in [0.1, 0.15) is 40.0 Å². The normalized spacial score (nSPS) is 12.0. The van der Waals surface area contributed by atoms with Crippen molar-refractivity contribution < 1.29 is 14.2 Å². The third-order valence-electron chi connectivity index (χ3n) is 3.50. The molecule has 4 N–H and O–H groups in total. The van der Waals surface area contributed by atoms with E-state index in [0.29, 0.717) is 64.0 Å². The summed E-state index contributed by atoms with van der Waals surface area (Å²) in [5.41, 5.74) is 5.35. The topological polar surface area (TPSA) is 116 Å². The van der Waals surface area contributed by atoms with Crippen molar-refractivity contribution in [1.29, 1.82) is 0 Å². The van der Waals surface area contributed by atoms with Crippen molar-refractivity contribution in [2.45, 2.75) is 46.1 Å². The minimum Gasteiger partial charge on any atom is -0.463 e. The summed E-state index contributed by atoms with van der Waals surface area (Å²) in [5, 5.41) is 6.39. The molecule has 26 heavy (non-hydrogen) atoms. The summed E-state index contributed by atoms with van der Waals surface area (Å²) < 4.78 is 16.3. The van der Waals surface area contributed by atoms with Gasteiger partial charge in [0, 0.05) is 19.1 Å². The molecule has 1 rings (SSSR count). The largest absolute Gasteiger partial charge is 0.463 e. The van der Waals surface area contributed by atoms with E-state index in [9.17, 15) is 0 Å². The number of aromatic nitrogens is 3. The van der Waals surface area contributed by atoms with Crippen LogP contribution in [0.2, 0.25) is 0 Å². The van der Waals surface area contributed by atoms with Crippen molar-refractivity contribution in [3.05, 3.63) is 0 Å². The second-order valence-corrected chi connectivity index (χ2v) is 5.86. The Labute approximate surface area is 156 Å². The van der Waals surface area contributed by atoms with E-state index in [1.165, 1.54) is 0 Å². The summed E-state index contributed by atoms with van der Waals surface area (Å²) in [5.74, 6) is 0.986. The van der Waals surface area contributed by atoms with Crippen LogP contribution in [0.4, 0.5) is 11.9 Å². The van der Waals surface area contributed by atoms with Crippen LogP contribution in [-0.2, 0) is 9.47 Å². The first-order valence-corrected chi connectivity index (χ1v) is 9.44. The monoisotopic (exact) mass is 370 g/mol. The second kappa shape index (κ2) is 14.5. The van der Waals surface area contributed by atoms with Gasteiger partial charge in [0.25, 0.3) is 0 Å². The van der Waals surface area contributed by atoms with Crippen molar-refractivity contribution in [3.8, 4) is 6.01 Å². The molecule has 0 saturated carbocycles. The first-order chi connectivity index (χ1) is 12.7. The molecule has 1 aromatic rings. The maximum absolute atomic E-state index is 5.63. The highest BCUT2D eigenvalue weighted by Crippen LogP contribution is 2.13. The van der Waals surface area contributed by atoms with Crippen LogP contribution in [0.15, 0.2) is 0 Å². The van der Waals surface area contributed by atoms with Gasteiger partial charge in [-0.05, 0) is 19.8 Å². The number of nitrogens with one attached hydrogen (secondary N) is 2. The Morgan fingerprint density at radius 1 is 0.962 bits per heavy atom. The van der Waals surface area contributed by atoms with Gasteiger partial charge in [-0.25, -0.2) is 0 Å². The van der Waals surface area contributed by atoms with Gasteiger partial charge in [-0.2, -0.15) is 15.0 Å². The van der Waals surface area contributed by atoms with Crippen molar-refractivity contribution in [2.24, 2.45) is 5.73 Å². The van der Waals surface area contributed by atoms with Gasteiger partial charge in [0.05, 0.1) is 33.0 Å². The third kappa shape index (κ3) is 10.3. The molecule has 0 bridgehead atoms. The lowest BCUT2D eigenvalue weighted by molar-refractivity contribution is 0.0547. The molecule has 0 aliphatic heterocycles. The Bertz CT molecular complexity index is 478. The fourth-order valence-corrected chi connectivity index (χ4v) is 1.84. The molecule has 0 fully saturated rings. The van der Waals surface area contributed by atoms with E-state index in [4.69, 9.17) is 19.9 Å². The highest BCUT2D eigenvalue weighted by Gasteiger charge is 2.09. The SMILES string of the molecule is CCCCOc1nc(NCCOCCOCCN)nc(NC(C)CC)n1. The van der Waals surface area contributed by atoms with Gasteiger partial charge in [-0.15, -0.1) is 0 Å². The molecule has 0 aliphatic rings. The van der Waals surface area contributed by atoms with Crippen LogP contribution < -0.4 is 21.1 Å². The molecule has 0 amide bonds. The number of hydrogen-bond acceptors (Lipinski definition) is 9. The Morgan fingerprint density at radius 2 is 1.69 bits per heavy atom. The van der Waals surface area contributed by atoms with Crippen LogP contribution in [0.5, 0.6) is 6.01 Å². The van der Waals surface area contributed by atoms with Crippen molar-refractivity contribution in [2.75, 3.05) is 56.8 Å².